The molecule has 2 nitrogen and oxygen atoms in total. The molecular formula is C14H17BrFNO. The van der Waals surface area contributed by atoms with Gasteiger partial charge in [0.15, 0.2) is 0 Å². The van der Waals surface area contributed by atoms with E-state index >= 15 is 0 Å². The van der Waals surface area contributed by atoms with Gasteiger partial charge in [0.1, 0.15) is 5.82 Å². The third-order valence-corrected chi connectivity index (χ3v) is 4.77. The van der Waals surface area contributed by atoms with E-state index in [4.69, 9.17) is 10.5 Å². The minimum atomic E-state index is -0.226. The van der Waals surface area contributed by atoms with Crippen LogP contribution in [-0.2, 0) is 11.2 Å². The van der Waals surface area contributed by atoms with E-state index in [-0.39, 0.29) is 11.9 Å². The largest absolute Gasteiger partial charge is 0.375 e. The smallest absolute Gasteiger partial charge is 0.137 e. The van der Waals surface area contributed by atoms with Crippen LogP contribution in [-0.4, -0.2) is 18.2 Å². The van der Waals surface area contributed by atoms with Crippen molar-refractivity contribution in [1.82, 2.24) is 0 Å². The fourth-order valence-corrected chi connectivity index (χ4v) is 3.64. The lowest BCUT2D eigenvalue weighted by Gasteiger charge is -2.25. The third kappa shape index (κ3) is 2.33. The first-order valence-electron chi connectivity index (χ1n) is 6.48. The SMILES string of the molecule is NC(Cc1ccc(F)c(Br)c1)C1CC2CCC1O2. The summed E-state index contributed by atoms with van der Waals surface area (Å²) >= 11 is 3.21. The highest BCUT2D eigenvalue weighted by Gasteiger charge is 2.43. The molecule has 4 unspecified atom stereocenters. The number of hydrogen-bond donors (Lipinski definition) is 1. The molecule has 98 valence electrons. The third-order valence-electron chi connectivity index (χ3n) is 4.16. The van der Waals surface area contributed by atoms with Gasteiger partial charge in [-0.1, -0.05) is 6.07 Å². The Hall–Kier alpha value is -0.450. The van der Waals surface area contributed by atoms with Crippen LogP contribution in [0.1, 0.15) is 24.8 Å². The molecular weight excluding hydrogens is 297 g/mol. The van der Waals surface area contributed by atoms with E-state index in [1.54, 1.807) is 0 Å². The van der Waals surface area contributed by atoms with Gasteiger partial charge in [0.2, 0.25) is 0 Å². The molecule has 2 saturated heterocycles. The summed E-state index contributed by atoms with van der Waals surface area (Å²) in [7, 11) is 0. The minimum absolute atomic E-state index is 0.109. The molecule has 1 aromatic carbocycles. The number of fused-ring (bicyclic) bond motifs is 2. The number of nitrogens with two attached hydrogens (primary N) is 1. The first-order chi connectivity index (χ1) is 8.63. The molecule has 2 aliphatic heterocycles. The second kappa shape index (κ2) is 4.91. The fourth-order valence-electron chi connectivity index (χ4n) is 3.22. The van der Waals surface area contributed by atoms with Gasteiger partial charge in [0.25, 0.3) is 0 Å². The van der Waals surface area contributed by atoms with Crippen LogP contribution in [0.5, 0.6) is 0 Å². The average Bonchev–Trinajstić information content (AvgIpc) is 2.96. The molecule has 2 aliphatic rings. The van der Waals surface area contributed by atoms with Crippen LogP contribution in [0, 0.1) is 11.7 Å². The summed E-state index contributed by atoms with van der Waals surface area (Å²) in [5.74, 6) is 0.239. The fraction of sp³-hybridized carbons (Fsp3) is 0.571. The standard InChI is InChI=1S/C14H17BrFNO/c15-11-5-8(1-3-12(11)16)6-13(17)10-7-9-2-4-14(10)18-9/h1,3,5,9-10,13-14H,2,4,6-7,17H2. The van der Waals surface area contributed by atoms with Crippen LogP contribution < -0.4 is 5.73 Å². The van der Waals surface area contributed by atoms with Crippen molar-refractivity contribution in [3.63, 3.8) is 0 Å². The molecule has 0 amide bonds. The van der Waals surface area contributed by atoms with E-state index < -0.39 is 0 Å². The second-order valence-corrected chi connectivity index (χ2v) is 6.24. The van der Waals surface area contributed by atoms with Gasteiger partial charge in [-0.15, -0.1) is 0 Å². The second-order valence-electron chi connectivity index (χ2n) is 5.39. The molecule has 2 fully saturated rings. The van der Waals surface area contributed by atoms with Crippen molar-refractivity contribution in [2.45, 2.75) is 43.9 Å². The maximum absolute atomic E-state index is 13.2. The van der Waals surface area contributed by atoms with E-state index in [2.05, 4.69) is 15.9 Å². The van der Waals surface area contributed by atoms with E-state index in [0.717, 1.165) is 24.8 Å². The number of halogens is 2. The highest BCUT2D eigenvalue weighted by Crippen LogP contribution is 2.40. The molecule has 4 atom stereocenters. The molecule has 4 heteroatoms. The summed E-state index contributed by atoms with van der Waals surface area (Å²) in [6.07, 6.45) is 5.01. The quantitative estimate of drug-likeness (QED) is 0.931. The first-order valence-corrected chi connectivity index (χ1v) is 7.28. The van der Waals surface area contributed by atoms with Crippen molar-refractivity contribution < 1.29 is 9.13 Å². The van der Waals surface area contributed by atoms with Gasteiger partial charge in [-0.25, -0.2) is 4.39 Å². The zero-order valence-corrected chi connectivity index (χ0v) is 11.7. The lowest BCUT2D eigenvalue weighted by molar-refractivity contribution is 0.0885. The van der Waals surface area contributed by atoms with Crippen LogP contribution in [0.2, 0.25) is 0 Å². The van der Waals surface area contributed by atoms with Gasteiger partial charge in [-0.3, -0.25) is 0 Å². The molecule has 18 heavy (non-hydrogen) atoms. The van der Waals surface area contributed by atoms with E-state index in [0.29, 0.717) is 22.6 Å². The van der Waals surface area contributed by atoms with Crippen molar-refractivity contribution in [2.75, 3.05) is 0 Å². The molecule has 2 heterocycles. The average molecular weight is 314 g/mol. The van der Waals surface area contributed by atoms with Crippen molar-refractivity contribution in [3.05, 3.63) is 34.1 Å². The van der Waals surface area contributed by atoms with Crippen molar-refractivity contribution in [3.8, 4) is 0 Å². The summed E-state index contributed by atoms with van der Waals surface area (Å²) in [6.45, 7) is 0. The Balaban J connectivity index is 1.67. The molecule has 1 aromatic rings. The Kier molecular flexibility index (Phi) is 3.43. The monoisotopic (exact) mass is 313 g/mol. The van der Waals surface area contributed by atoms with Gasteiger partial charge in [-0.2, -0.15) is 0 Å². The Morgan fingerprint density at radius 3 is 2.89 bits per heavy atom. The maximum atomic E-state index is 13.2. The minimum Gasteiger partial charge on any atom is -0.375 e. The molecule has 0 radical (unpaired) electrons. The lowest BCUT2D eigenvalue weighted by atomic mass is 9.82. The zero-order valence-electron chi connectivity index (χ0n) is 10.1. The lowest BCUT2D eigenvalue weighted by Crippen LogP contribution is -2.37. The van der Waals surface area contributed by atoms with Crippen LogP contribution in [0.3, 0.4) is 0 Å². The summed E-state index contributed by atoms with van der Waals surface area (Å²) in [4.78, 5) is 0. The van der Waals surface area contributed by atoms with E-state index in [9.17, 15) is 4.39 Å². The summed E-state index contributed by atoms with van der Waals surface area (Å²) < 4.78 is 19.5. The summed E-state index contributed by atoms with van der Waals surface area (Å²) in [6, 6.07) is 5.23. The molecule has 3 rings (SSSR count). The van der Waals surface area contributed by atoms with E-state index in [1.807, 2.05) is 12.1 Å². The van der Waals surface area contributed by atoms with Crippen LogP contribution in [0.4, 0.5) is 4.39 Å². The normalized spacial score (nSPS) is 31.8. The zero-order chi connectivity index (χ0) is 12.7. The predicted molar refractivity (Wildman–Crippen MR) is 71.8 cm³/mol. The number of hydrogen-bond acceptors (Lipinski definition) is 2. The Morgan fingerprint density at radius 2 is 2.28 bits per heavy atom. The van der Waals surface area contributed by atoms with Gasteiger partial charge in [0, 0.05) is 12.0 Å². The van der Waals surface area contributed by atoms with Crippen molar-refractivity contribution in [1.29, 1.82) is 0 Å². The highest BCUT2D eigenvalue weighted by molar-refractivity contribution is 9.10. The molecule has 0 saturated carbocycles. The molecule has 0 aromatic heterocycles. The molecule has 0 aliphatic carbocycles. The van der Waals surface area contributed by atoms with Crippen LogP contribution in [0.25, 0.3) is 0 Å². The molecule has 0 spiro atoms. The van der Waals surface area contributed by atoms with Gasteiger partial charge in [-0.05, 0) is 59.3 Å². The number of rotatable bonds is 3. The van der Waals surface area contributed by atoms with Gasteiger partial charge < -0.3 is 10.5 Å². The summed E-state index contributed by atoms with van der Waals surface area (Å²) in [5, 5.41) is 0. The highest BCUT2D eigenvalue weighted by atomic mass is 79.9. The topological polar surface area (TPSA) is 35.2 Å². The number of benzene rings is 1. The molecule has 2 N–H and O–H groups in total. The van der Waals surface area contributed by atoms with Crippen LogP contribution in [0.15, 0.2) is 22.7 Å². The Morgan fingerprint density at radius 1 is 1.44 bits per heavy atom. The summed E-state index contributed by atoms with van der Waals surface area (Å²) in [5.41, 5.74) is 7.38. The van der Waals surface area contributed by atoms with Crippen molar-refractivity contribution in [2.24, 2.45) is 11.7 Å². The Bertz CT molecular complexity index is 453. The Labute approximate surface area is 115 Å². The van der Waals surface area contributed by atoms with Crippen LogP contribution >= 0.6 is 15.9 Å². The predicted octanol–water partition coefficient (Wildman–Crippen LogP) is 3.03. The maximum Gasteiger partial charge on any atom is 0.137 e. The van der Waals surface area contributed by atoms with E-state index in [1.165, 1.54) is 12.5 Å². The molecule has 2 bridgehead atoms. The number of ether oxygens (including phenoxy) is 1. The van der Waals surface area contributed by atoms with Gasteiger partial charge in [0.05, 0.1) is 16.7 Å². The first kappa shape index (κ1) is 12.6. The van der Waals surface area contributed by atoms with Gasteiger partial charge >= 0.3 is 0 Å². The van der Waals surface area contributed by atoms with Crippen molar-refractivity contribution >= 4 is 15.9 Å².